The van der Waals surface area contributed by atoms with Crippen LogP contribution in [0.1, 0.15) is 26.7 Å². The third kappa shape index (κ3) is 3.34. The van der Waals surface area contributed by atoms with Crippen LogP contribution in [0.25, 0.3) is 0 Å². The Morgan fingerprint density at radius 2 is 1.87 bits per heavy atom. The normalized spacial score (nSPS) is 21.4. The van der Waals surface area contributed by atoms with E-state index in [9.17, 15) is 13.2 Å². The van der Waals surface area contributed by atoms with Crippen LogP contribution in [-0.2, 0) is 0 Å². The van der Waals surface area contributed by atoms with Crippen LogP contribution in [0.15, 0.2) is 0 Å². The van der Waals surface area contributed by atoms with Crippen molar-refractivity contribution in [2.24, 2.45) is 5.92 Å². The molecule has 1 rings (SSSR count). The van der Waals surface area contributed by atoms with Crippen molar-refractivity contribution in [2.45, 2.75) is 38.4 Å². The SMILES string of the molecule is CCNCC(C)CNC1(C(F)(F)F)CC1. The minimum Gasteiger partial charge on any atom is -0.317 e. The van der Waals surface area contributed by atoms with Gasteiger partial charge in [0.15, 0.2) is 0 Å². The molecule has 90 valence electrons. The van der Waals surface area contributed by atoms with Gasteiger partial charge in [-0.2, -0.15) is 13.2 Å². The van der Waals surface area contributed by atoms with Gasteiger partial charge in [-0.1, -0.05) is 13.8 Å². The second-order valence-corrected chi connectivity index (χ2v) is 4.37. The van der Waals surface area contributed by atoms with Crippen LogP contribution in [-0.4, -0.2) is 31.3 Å². The molecular weight excluding hydrogens is 205 g/mol. The molecule has 1 fully saturated rings. The monoisotopic (exact) mass is 224 g/mol. The molecule has 1 aliphatic carbocycles. The summed E-state index contributed by atoms with van der Waals surface area (Å²) >= 11 is 0. The van der Waals surface area contributed by atoms with Crippen LogP contribution >= 0.6 is 0 Å². The Hall–Kier alpha value is -0.290. The van der Waals surface area contributed by atoms with E-state index in [2.05, 4.69) is 10.6 Å². The van der Waals surface area contributed by atoms with E-state index in [1.165, 1.54) is 0 Å². The van der Waals surface area contributed by atoms with Crippen LogP contribution in [0.2, 0.25) is 0 Å². The van der Waals surface area contributed by atoms with E-state index in [-0.39, 0.29) is 18.8 Å². The van der Waals surface area contributed by atoms with Crippen molar-refractivity contribution in [2.75, 3.05) is 19.6 Å². The lowest BCUT2D eigenvalue weighted by molar-refractivity contribution is -0.166. The van der Waals surface area contributed by atoms with Crippen molar-refractivity contribution in [3.05, 3.63) is 0 Å². The molecule has 0 bridgehead atoms. The van der Waals surface area contributed by atoms with Crippen LogP contribution in [0.5, 0.6) is 0 Å². The van der Waals surface area contributed by atoms with Gasteiger partial charge in [0.2, 0.25) is 0 Å². The van der Waals surface area contributed by atoms with Gasteiger partial charge in [-0.25, -0.2) is 0 Å². The number of rotatable bonds is 6. The smallest absolute Gasteiger partial charge is 0.317 e. The standard InChI is InChI=1S/C10H19F3N2/c1-3-14-6-8(2)7-15-9(4-5-9)10(11,12)13/h8,14-15H,3-7H2,1-2H3. The van der Waals surface area contributed by atoms with E-state index in [1.807, 2.05) is 13.8 Å². The minimum absolute atomic E-state index is 0.227. The molecule has 0 spiro atoms. The Labute approximate surface area is 88.6 Å². The van der Waals surface area contributed by atoms with Gasteiger partial charge in [-0.3, -0.25) is 0 Å². The zero-order chi connectivity index (χ0) is 11.5. The summed E-state index contributed by atoms with van der Waals surface area (Å²) in [6.45, 7) is 5.97. The molecule has 1 unspecified atom stereocenters. The largest absolute Gasteiger partial charge is 0.406 e. The highest BCUT2D eigenvalue weighted by Crippen LogP contribution is 2.48. The Morgan fingerprint density at radius 3 is 2.27 bits per heavy atom. The molecule has 0 saturated heterocycles. The first-order valence-electron chi connectivity index (χ1n) is 5.44. The van der Waals surface area contributed by atoms with Crippen molar-refractivity contribution in [3.63, 3.8) is 0 Å². The first-order chi connectivity index (χ1) is 6.91. The maximum Gasteiger partial charge on any atom is 0.406 e. The fraction of sp³-hybridized carbons (Fsp3) is 1.00. The molecule has 0 amide bonds. The summed E-state index contributed by atoms with van der Waals surface area (Å²) in [5.74, 6) is 0.227. The second-order valence-electron chi connectivity index (χ2n) is 4.37. The number of hydrogen-bond donors (Lipinski definition) is 2. The number of halogens is 3. The lowest BCUT2D eigenvalue weighted by Gasteiger charge is -2.23. The molecule has 1 saturated carbocycles. The maximum absolute atomic E-state index is 12.5. The molecule has 0 aromatic rings. The molecule has 0 heterocycles. The third-order valence-corrected chi connectivity index (χ3v) is 2.82. The molecule has 0 aliphatic heterocycles. The van der Waals surface area contributed by atoms with Crippen molar-refractivity contribution in [1.29, 1.82) is 0 Å². The highest BCUT2D eigenvalue weighted by Gasteiger charge is 2.62. The van der Waals surface area contributed by atoms with Crippen LogP contribution in [0, 0.1) is 5.92 Å². The zero-order valence-corrected chi connectivity index (χ0v) is 9.25. The fourth-order valence-electron chi connectivity index (χ4n) is 1.52. The summed E-state index contributed by atoms with van der Waals surface area (Å²) < 4.78 is 37.6. The quantitative estimate of drug-likeness (QED) is 0.720. The van der Waals surface area contributed by atoms with Crippen molar-refractivity contribution in [1.82, 2.24) is 10.6 Å². The number of hydrogen-bond acceptors (Lipinski definition) is 2. The summed E-state index contributed by atoms with van der Waals surface area (Å²) in [6.07, 6.45) is -3.64. The number of nitrogens with one attached hydrogen (secondary N) is 2. The van der Waals surface area contributed by atoms with Gasteiger partial charge >= 0.3 is 6.18 Å². The van der Waals surface area contributed by atoms with Gasteiger partial charge in [-0.05, 0) is 38.4 Å². The third-order valence-electron chi connectivity index (χ3n) is 2.82. The molecule has 2 nitrogen and oxygen atoms in total. The topological polar surface area (TPSA) is 24.1 Å². The van der Waals surface area contributed by atoms with Gasteiger partial charge in [0.1, 0.15) is 5.54 Å². The van der Waals surface area contributed by atoms with Gasteiger partial charge in [0.05, 0.1) is 0 Å². The van der Waals surface area contributed by atoms with Gasteiger partial charge in [0, 0.05) is 0 Å². The first kappa shape index (κ1) is 12.8. The van der Waals surface area contributed by atoms with Gasteiger partial charge in [0.25, 0.3) is 0 Å². The minimum atomic E-state index is -4.09. The van der Waals surface area contributed by atoms with Gasteiger partial charge < -0.3 is 10.6 Å². The summed E-state index contributed by atoms with van der Waals surface area (Å²) in [4.78, 5) is 0. The van der Waals surface area contributed by atoms with E-state index in [0.717, 1.165) is 13.1 Å². The lowest BCUT2D eigenvalue weighted by atomic mass is 10.1. The molecule has 0 aromatic heterocycles. The molecule has 0 aromatic carbocycles. The van der Waals surface area contributed by atoms with Crippen LogP contribution < -0.4 is 10.6 Å². The van der Waals surface area contributed by atoms with E-state index in [0.29, 0.717) is 6.54 Å². The Kier molecular flexibility index (Phi) is 4.00. The molecule has 1 aliphatic rings. The molecule has 0 radical (unpaired) electrons. The van der Waals surface area contributed by atoms with Crippen LogP contribution in [0.3, 0.4) is 0 Å². The Balaban J connectivity index is 2.25. The molecule has 5 heteroatoms. The van der Waals surface area contributed by atoms with Crippen molar-refractivity contribution in [3.8, 4) is 0 Å². The average Bonchev–Trinajstić information content (AvgIpc) is 2.91. The summed E-state index contributed by atoms with van der Waals surface area (Å²) in [6, 6.07) is 0. The Morgan fingerprint density at radius 1 is 1.27 bits per heavy atom. The van der Waals surface area contributed by atoms with E-state index < -0.39 is 11.7 Å². The van der Waals surface area contributed by atoms with Crippen LogP contribution in [0.4, 0.5) is 13.2 Å². The predicted octanol–water partition coefficient (Wildman–Crippen LogP) is 1.92. The molecule has 2 N–H and O–H groups in total. The van der Waals surface area contributed by atoms with Gasteiger partial charge in [-0.15, -0.1) is 0 Å². The predicted molar refractivity (Wildman–Crippen MR) is 53.7 cm³/mol. The van der Waals surface area contributed by atoms with E-state index in [4.69, 9.17) is 0 Å². The zero-order valence-electron chi connectivity index (χ0n) is 9.25. The van der Waals surface area contributed by atoms with E-state index >= 15 is 0 Å². The molecular formula is C10H19F3N2. The second kappa shape index (κ2) is 4.70. The molecule has 15 heavy (non-hydrogen) atoms. The summed E-state index contributed by atoms with van der Waals surface area (Å²) in [5.41, 5.74) is -1.56. The average molecular weight is 224 g/mol. The highest BCUT2D eigenvalue weighted by atomic mass is 19.4. The number of alkyl halides is 3. The first-order valence-corrected chi connectivity index (χ1v) is 5.44. The molecule has 1 atom stereocenters. The fourth-order valence-corrected chi connectivity index (χ4v) is 1.52. The van der Waals surface area contributed by atoms with E-state index in [1.54, 1.807) is 0 Å². The maximum atomic E-state index is 12.5. The summed E-state index contributed by atoms with van der Waals surface area (Å²) in [7, 11) is 0. The highest BCUT2D eigenvalue weighted by molar-refractivity contribution is 5.07. The summed E-state index contributed by atoms with van der Waals surface area (Å²) in [5, 5.41) is 5.78. The van der Waals surface area contributed by atoms with Crippen molar-refractivity contribution >= 4 is 0 Å². The lowest BCUT2D eigenvalue weighted by Crippen LogP contribution is -2.47. The Bertz CT molecular complexity index is 199. The van der Waals surface area contributed by atoms with Crippen molar-refractivity contribution < 1.29 is 13.2 Å².